The highest BCUT2D eigenvalue weighted by Crippen LogP contribution is 2.26. The minimum atomic E-state index is -0.664. The maximum Gasteiger partial charge on any atom is 0.407 e. The number of hydrogen-bond donors (Lipinski definition) is 2. The normalized spacial score (nSPS) is 14.1. The Morgan fingerprint density at radius 3 is 2.55 bits per heavy atom. The van der Waals surface area contributed by atoms with Gasteiger partial charge in [0.2, 0.25) is 5.91 Å². The lowest BCUT2D eigenvalue weighted by Gasteiger charge is -2.28. The monoisotopic (exact) mass is 464 g/mol. The van der Waals surface area contributed by atoms with Crippen molar-refractivity contribution >= 4 is 29.6 Å². The molecule has 1 aliphatic heterocycles. The predicted octanol–water partition coefficient (Wildman–Crippen LogP) is 3.35. The van der Waals surface area contributed by atoms with Crippen molar-refractivity contribution in [3.63, 3.8) is 0 Å². The van der Waals surface area contributed by atoms with E-state index in [2.05, 4.69) is 10.6 Å². The van der Waals surface area contributed by atoms with Crippen LogP contribution in [0.5, 0.6) is 0 Å². The highest BCUT2D eigenvalue weighted by Gasteiger charge is 2.27. The van der Waals surface area contributed by atoms with Crippen molar-refractivity contribution in [2.24, 2.45) is 0 Å². The van der Waals surface area contributed by atoms with Crippen LogP contribution < -0.4 is 15.5 Å². The van der Waals surface area contributed by atoms with Gasteiger partial charge < -0.3 is 15.0 Å². The average molecular weight is 465 g/mol. The van der Waals surface area contributed by atoms with E-state index >= 15 is 0 Å². The molecule has 1 saturated heterocycles. The number of halogens is 1. The summed E-state index contributed by atoms with van der Waals surface area (Å²) in [6.07, 6.45) is 1.82. The Balaban J connectivity index is 1.89. The van der Waals surface area contributed by atoms with Crippen molar-refractivity contribution in [2.75, 3.05) is 31.6 Å². The van der Waals surface area contributed by atoms with Gasteiger partial charge in [0.25, 0.3) is 5.91 Å². The smallest absolute Gasteiger partial charge is 0.407 e. The second-order valence-corrected chi connectivity index (χ2v) is 9.09. The third-order valence-corrected chi connectivity index (χ3v) is 5.05. The van der Waals surface area contributed by atoms with E-state index in [9.17, 15) is 23.6 Å². The molecule has 0 atom stereocenters. The van der Waals surface area contributed by atoms with Gasteiger partial charge in [-0.1, -0.05) is 0 Å². The average Bonchev–Trinajstić information content (AvgIpc) is 2.69. The third-order valence-electron chi connectivity index (χ3n) is 5.05. The molecule has 1 aromatic carbocycles. The van der Waals surface area contributed by atoms with Gasteiger partial charge in [-0.2, -0.15) is 0 Å². The highest BCUT2D eigenvalue weighted by atomic mass is 19.1. The summed E-state index contributed by atoms with van der Waals surface area (Å²) in [5, 5.41) is 4.91. The van der Waals surface area contributed by atoms with Gasteiger partial charge in [-0.3, -0.25) is 19.8 Å². The second kappa shape index (κ2) is 11.1. The second-order valence-electron chi connectivity index (χ2n) is 9.09. The lowest BCUT2D eigenvalue weighted by atomic mass is 10.1. The molecular weight excluding hydrogens is 431 g/mol. The summed E-state index contributed by atoms with van der Waals surface area (Å²) < 4.78 is 19.7. The molecule has 0 unspecified atom stereocenters. The number of nitrogens with one attached hydrogen (secondary N) is 2. The molecule has 1 aliphatic rings. The molecule has 1 heterocycles. The van der Waals surface area contributed by atoms with Crippen LogP contribution in [0.1, 0.15) is 62.4 Å². The summed E-state index contributed by atoms with van der Waals surface area (Å²) in [6.45, 7) is 8.06. The number of alkyl carbamates (subject to hydrolysis) is 1. The number of amides is 5. The number of aryl methyl sites for hydroxylation is 1. The topological polar surface area (TPSA) is 108 Å². The molecule has 0 radical (unpaired) electrons. The number of hydrogen-bond acceptors (Lipinski definition) is 5. The summed E-state index contributed by atoms with van der Waals surface area (Å²) in [4.78, 5) is 50.8. The molecular formula is C23H33FN4O5. The van der Waals surface area contributed by atoms with Gasteiger partial charge in [-0.15, -0.1) is 0 Å². The molecule has 0 spiro atoms. The summed E-state index contributed by atoms with van der Waals surface area (Å²) >= 11 is 0. The number of ether oxygens (including phenoxy) is 1. The van der Waals surface area contributed by atoms with E-state index in [0.717, 1.165) is 6.42 Å². The van der Waals surface area contributed by atoms with E-state index in [0.29, 0.717) is 37.2 Å². The van der Waals surface area contributed by atoms with Crippen molar-refractivity contribution < 1.29 is 28.3 Å². The van der Waals surface area contributed by atoms with E-state index in [1.807, 2.05) is 0 Å². The van der Waals surface area contributed by atoms with Crippen LogP contribution in [0, 0.1) is 12.7 Å². The molecule has 2 rings (SSSR count). The number of unbranched alkanes of at least 4 members (excludes halogenated alkanes) is 2. The molecule has 0 bridgehead atoms. The molecule has 9 nitrogen and oxygen atoms in total. The van der Waals surface area contributed by atoms with Crippen LogP contribution in [0.3, 0.4) is 0 Å². The van der Waals surface area contributed by atoms with Gasteiger partial charge in [-0.05, 0) is 64.7 Å². The van der Waals surface area contributed by atoms with Crippen molar-refractivity contribution in [2.45, 2.75) is 59.0 Å². The molecule has 1 aromatic rings. The Bertz CT molecular complexity index is 913. The van der Waals surface area contributed by atoms with E-state index in [4.69, 9.17) is 4.74 Å². The zero-order valence-electron chi connectivity index (χ0n) is 19.9. The Morgan fingerprint density at radius 2 is 1.91 bits per heavy atom. The molecule has 182 valence electrons. The van der Waals surface area contributed by atoms with Crippen LogP contribution in [0.2, 0.25) is 0 Å². The minimum Gasteiger partial charge on any atom is -0.444 e. The number of benzene rings is 1. The van der Waals surface area contributed by atoms with Crippen molar-refractivity contribution in [3.05, 3.63) is 29.1 Å². The number of carbonyl (C=O) groups excluding carboxylic acids is 4. The van der Waals surface area contributed by atoms with Gasteiger partial charge in [0.15, 0.2) is 0 Å². The standard InChI is InChI=1S/C23H33FN4O5/c1-15-13-17(24)16(14-18(15)28-12-9-19(29)26-21(28)31)20(30)27(5)11-8-6-7-10-25-22(32)33-23(2,3)4/h13-14H,6-12H2,1-5H3,(H,25,32)(H,26,29,31). The number of anilines is 1. The lowest BCUT2D eigenvalue weighted by molar-refractivity contribution is -0.120. The third kappa shape index (κ3) is 7.73. The van der Waals surface area contributed by atoms with Crippen LogP contribution in [-0.2, 0) is 9.53 Å². The summed E-state index contributed by atoms with van der Waals surface area (Å²) in [5.41, 5.74) is 0.211. The van der Waals surface area contributed by atoms with E-state index in [1.165, 1.54) is 21.9 Å². The maximum absolute atomic E-state index is 14.6. The number of carbonyl (C=O) groups is 4. The number of nitrogens with zero attached hydrogens (tertiary/aromatic N) is 2. The quantitative estimate of drug-likeness (QED) is 0.574. The summed E-state index contributed by atoms with van der Waals surface area (Å²) in [5.74, 6) is -1.52. The Labute approximate surface area is 193 Å². The van der Waals surface area contributed by atoms with Crippen LogP contribution in [-0.4, -0.2) is 61.1 Å². The fourth-order valence-corrected chi connectivity index (χ4v) is 3.37. The van der Waals surface area contributed by atoms with Gasteiger partial charge in [0.1, 0.15) is 11.4 Å². The van der Waals surface area contributed by atoms with Crippen LogP contribution >= 0.6 is 0 Å². The Hall–Kier alpha value is -3.17. The molecule has 0 aliphatic carbocycles. The number of rotatable bonds is 8. The molecule has 0 saturated carbocycles. The first kappa shape index (κ1) is 26.1. The summed E-state index contributed by atoms with van der Waals surface area (Å²) in [7, 11) is 1.59. The first-order valence-corrected chi connectivity index (χ1v) is 11.0. The fraction of sp³-hybridized carbons (Fsp3) is 0.565. The molecule has 10 heteroatoms. The van der Waals surface area contributed by atoms with Crippen LogP contribution in [0.25, 0.3) is 0 Å². The Morgan fingerprint density at radius 1 is 1.21 bits per heavy atom. The number of imide groups is 1. The number of urea groups is 1. The SMILES string of the molecule is Cc1cc(F)c(C(=O)N(C)CCCCCNC(=O)OC(C)(C)C)cc1N1CCC(=O)NC1=O. The van der Waals surface area contributed by atoms with Crippen LogP contribution in [0.4, 0.5) is 19.7 Å². The first-order valence-electron chi connectivity index (χ1n) is 11.0. The lowest BCUT2D eigenvalue weighted by Crippen LogP contribution is -2.49. The van der Waals surface area contributed by atoms with E-state index in [-0.39, 0.29) is 24.4 Å². The maximum atomic E-state index is 14.6. The zero-order chi connectivity index (χ0) is 24.8. The molecule has 1 fully saturated rings. The molecule has 5 amide bonds. The van der Waals surface area contributed by atoms with Crippen LogP contribution in [0.15, 0.2) is 12.1 Å². The first-order chi connectivity index (χ1) is 15.4. The van der Waals surface area contributed by atoms with Gasteiger partial charge >= 0.3 is 12.1 Å². The van der Waals surface area contributed by atoms with Gasteiger partial charge in [0.05, 0.1) is 5.56 Å². The predicted molar refractivity (Wildman–Crippen MR) is 122 cm³/mol. The summed E-state index contributed by atoms with van der Waals surface area (Å²) in [6, 6.07) is 2.00. The van der Waals surface area contributed by atoms with Gasteiger partial charge in [-0.25, -0.2) is 14.0 Å². The zero-order valence-corrected chi connectivity index (χ0v) is 19.9. The highest BCUT2D eigenvalue weighted by molar-refractivity contribution is 6.06. The minimum absolute atomic E-state index is 0.130. The largest absolute Gasteiger partial charge is 0.444 e. The fourth-order valence-electron chi connectivity index (χ4n) is 3.37. The molecule has 33 heavy (non-hydrogen) atoms. The Kier molecular flexibility index (Phi) is 8.78. The molecule has 0 aromatic heterocycles. The van der Waals surface area contributed by atoms with Gasteiger partial charge in [0, 0.05) is 38.8 Å². The van der Waals surface area contributed by atoms with Crippen molar-refractivity contribution in [1.82, 2.24) is 15.5 Å². The van der Waals surface area contributed by atoms with E-state index in [1.54, 1.807) is 34.7 Å². The van der Waals surface area contributed by atoms with E-state index < -0.39 is 29.4 Å². The van der Waals surface area contributed by atoms with Crippen molar-refractivity contribution in [3.8, 4) is 0 Å². The van der Waals surface area contributed by atoms with Crippen molar-refractivity contribution in [1.29, 1.82) is 0 Å². The molecule has 2 N–H and O–H groups in total.